The number of hydrogen-bond donors (Lipinski definition) is 2. The highest BCUT2D eigenvalue weighted by atomic mass is 16.3. The van der Waals surface area contributed by atoms with E-state index in [1.165, 1.54) is 0 Å². The van der Waals surface area contributed by atoms with Crippen LogP contribution in [0.4, 0.5) is 10.5 Å². The lowest BCUT2D eigenvalue weighted by Gasteiger charge is -2.36. The van der Waals surface area contributed by atoms with Crippen LogP contribution in [0, 0.1) is 0 Å². The van der Waals surface area contributed by atoms with E-state index in [4.69, 9.17) is 0 Å². The number of piperidine rings is 1. The molecule has 1 aromatic carbocycles. The number of aliphatic hydroxyl groups is 1. The molecule has 2 amide bonds. The number of likely N-dealkylation sites (N-methyl/N-ethyl adjacent to an activating group) is 1. The van der Waals surface area contributed by atoms with Gasteiger partial charge in [0.2, 0.25) is 0 Å². The van der Waals surface area contributed by atoms with Crippen molar-refractivity contribution in [3.63, 3.8) is 0 Å². The monoisotopic (exact) mass is 291 g/mol. The Morgan fingerprint density at radius 3 is 2.90 bits per heavy atom. The first-order chi connectivity index (χ1) is 9.97. The number of urea groups is 1. The van der Waals surface area contributed by atoms with Crippen molar-refractivity contribution < 1.29 is 9.90 Å². The van der Waals surface area contributed by atoms with E-state index in [2.05, 4.69) is 24.3 Å². The molecule has 2 atom stereocenters. The van der Waals surface area contributed by atoms with Gasteiger partial charge in [-0.1, -0.05) is 12.1 Å². The number of benzene rings is 1. The van der Waals surface area contributed by atoms with E-state index >= 15 is 0 Å². The maximum absolute atomic E-state index is 12.4. The molecular formula is C16H25N3O2. The standard InChI is InChI=1S/C16H25N3O2/c1-12(20)13-6-4-7-14(10-13)17-16(21)19-9-5-8-15(11-19)18(2)3/h4,6-7,10,12,15,20H,5,8-9,11H2,1-3H3,(H,17,21). The molecule has 2 unspecified atom stereocenters. The summed E-state index contributed by atoms with van der Waals surface area (Å²) in [4.78, 5) is 16.4. The first-order valence-corrected chi connectivity index (χ1v) is 7.47. The average molecular weight is 291 g/mol. The molecule has 1 heterocycles. The van der Waals surface area contributed by atoms with E-state index in [1.54, 1.807) is 6.92 Å². The molecule has 21 heavy (non-hydrogen) atoms. The highest BCUT2D eigenvalue weighted by molar-refractivity contribution is 5.89. The van der Waals surface area contributed by atoms with Gasteiger partial charge >= 0.3 is 6.03 Å². The number of carbonyl (C=O) groups is 1. The molecule has 2 N–H and O–H groups in total. The van der Waals surface area contributed by atoms with Gasteiger partial charge in [0.25, 0.3) is 0 Å². The number of nitrogens with zero attached hydrogens (tertiary/aromatic N) is 2. The summed E-state index contributed by atoms with van der Waals surface area (Å²) in [6, 6.07) is 7.71. The lowest BCUT2D eigenvalue weighted by atomic mass is 10.1. The van der Waals surface area contributed by atoms with E-state index in [9.17, 15) is 9.90 Å². The smallest absolute Gasteiger partial charge is 0.321 e. The topological polar surface area (TPSA) is 55.8 Å². The summed E-state index contributed by atoms with van der Waals surface area (Å²) in [6.07, 6.45) is 1.63. The van der Waals surface area contributed by atoms with Gasteiger partial charge in [-0.05, 0) is 51.6 Å². The second-order valence-corrected chi connectivity index (χ2v) is 5.94. The fourth-order valence-electron chi connectivity index (χ4n) is 2.64. The van der Waals surface area contributed by atoms with E-state index in [-0.39, 0.29) is 6.03 Å². The van der Waals surface area contributed by atoms with Crippen molar-refractivity contribution in [2.24, 2.45) is 0 Å². The first kappa shape index (κ1) is 15.8. The zero-order chi connectivity index (χ0) is 15.4. The van der Waals surface area contributed by atoms with Crippen LogP contribution in [-0.2, 0) is 0 Å². The zero-order valence-corrected chi connectivity index (χ0v) is 13.0. The molecule has 2 rings (SSSR count). The molecule has 0 aliphatic carbocycles. The van der Waals surface area contributed by atoms with E-state index < -0.39 is 6.10 Å². The number of anilines is 1. The van der Waals surface area contributed by atoms with Crippen molar-refractivity contribution in [1.29, 1.82) is 0 Å². The molecular weight excluding hydrogens is 266 g/mol. The predicted octanol–water partition coefficient (Wildman–Crippen LogP) is 2.30. The van der Waals surface area contributed by atoms with Crippen LogP contribution in [0.25, 0.3) is 0 Å². The third kappa shape index (κ3) is 4.19. The maximum atomic E-state index is 12.4. The van der Waals surface area contributed by atoms with E-state index in [1.807, 2.05) is 29.2 Å². The number of hydrogen-bond acceptors (Lipinski definition) is 3. The van der Waals surface area contributed by atoms with Gasteiger partial charge in [-0.25, -0.2) is 4.79 Å². The lowest BCUT2D eigenvalue weighted by Crippen LogP contribution is -2.48. The van der Waals surface area contributed by atoms with Crippen LogP contribution in [0.15, 0.2) is 24.3 Å². The van der Waals surface area contributed by atoms with Gasteiger partial charge in [-0.15, -0.1) is 0 Å². The number of rotatable bonds is 3. The Morgan fingerprint density at radius 1 is 1.48 bits per heavy atom. The Hall–Kier alpha value is -1.59. The molecule has 0 bridgehead atoms. The van der Waals surface area contributed by atoms with Gasteiger partial charge in [0.1, 0.15) is 0 Å². The van der Waals surface area contributed by atoms with Gasteiger partial charge in [0.05, 0.1) is 6.10 Å². The van der Waals surface area contributed by atoms with E-state index in [0.29, 0.717) is 6.04 Å². The van der Waals surface area contributed by atoms with Crippen LogP contribution >= 0.6 is 0 Å². The fourth-order valence-corrected chi connectivity index (χ4v) is 2.64. The summed E-state index contributed by atoms with van der Waals surface area (Å²) in [6.45, 7) is 3.27. The Bertz CT molecular complexity index is 488. The number of nitrogens with one attached hydrogen (secondary N) is 1. The van der Waals surface area contributed by atoms with Crippen molar-refractivity contribution in [3.05, 3.63) is 29.8 Å². The number of aliphatic hydroxyl groups excluding tert-OH is 1. The van der Waals surface area contributed by atoms with Crippen LogP contribution in [0.5, 0.6) is 0 Å². The van der Waals surface area contributed by atoms with Gasteiger partial charge in [0.15, 0.2) is 0 Å². The molecule has 5 heteroatoms. The van der Waals surface area contributed by atoms with Crippen molar-refractivity contribution in [2.75, 3.05) is 32.5 Å². The van der Waals surface area contributed by atoms with Crippen LogP contribution < -0.4 is 5.32 Å². The van der Waals surface area contributed by atoms with Gasteiger partial charge in [-0.3, -0.25) is 0 Å². The molecule has 1 fully saturated rings. The van der Waals surface area contributed by atoms with E-state index in [0.717, 1.165) is 37.2 Å². The molecule has 1 aromatic rings. The minimum Gasteiger partial charge on any atom is -0.389 e. The summed E-state index contributed by atoms with van der Waals surface area (Å²) in [5.41, 5.74) is 1.53. The summed E-state index contributed by atoms with van der Waals surface area (Å²) in [5.74, 6) is 0. The molecule has 0 aromatic heterocycles. The average Bonchev–Trinajstić information content (AvgIpc) is 2.47. The minimum absolute atomic E-state index is 0.0655. The second-order valence-electron chi connectivity index (χ2n) is 5.94. The third-order valence-electron chi connectivity index (χ3n) is 4.03. The highest BCUT2D eigenvalue weighted by Gasteiger charge is 2.24. The number of amides is 2. The maximum Gasteiger partial charge on any atom is 0.321 e. The Morgan fingerprint density at radius 2 is 2.24 bits per heavy atom. The highest BCUT2D eigenvalue weighted by Crippen LogP contribution is 2.19. The summed E-state index contributed by atoms with van der Waals surface area (Å²) in [5, 5.41) is 12.5. The Labute approximate surface area is 126 Å². The first-order valence-electron chi connectivity index (χ1n) is 7.47. The van der Waals surface area contributed by atoms with Crippen molar-refractivity contribution in [1.82, 2.24) is 9.80 Å². The summed E-state index contributed by atoms with van der Waals surface area (Å²) in [7, 11) is 4.11. The van der Waals surface area contributed by atoms with Gasteiger partial charge < -0.3 is 20.2 Å². The van der Waals surface area contributed by atoms with Crippen molar-refractivity contribution >= 4 is 11.7 Å². The minimum atomic E-state index is -0.532. The Kier molecular flexibility index (Phi) is 5.20. The SMILES string of the molecule is CC(O)c1cccc(NC(=O)N2CCCC(N(C)C)C2)c1. The molecule has 116 valence electrons. The summed E-state index contributed by atoms with van der Waals surface area (Å²) < 4.78 is 0. The summed E-state index contributed by atoms with van der Waals surface area (Å²) >= 11 is 0. The van der Waals surface area contributed by atoms with Crippen LogP contribution in [-0.4, -0.2) is 54.2 Å². The second kappa shape index (κ2) is 6.91. The van der Waals surface area contributed by atoms with Crippen molar-refractivity contribution in [2.45, 2.75) is 31.9 Å². The number of carbonyl (C=O) groups excluding carboxylic acids is 1. The molecule has 1 aliphatic rings. The van der Waals surface area contributed by atoms with Crippen LogP contribution in [0.3, 0.4) is 0 Å². The molecule has 0 saturated carbocycles. The predicted molar refractivity (Wildman–Crippen MR) is 84.4 cm³/mol. The third-order valence-corrected chi connectivity index (χ3v) is 4.03. The number of likely N-dealkylation sites (tertiary alicyclic amines) is 1. The lowest BCUT2D eigenvalue weighted by molar-refractivity contribution is 0.148. The molecule has 1 aliphatic heterocycles. The van der Waals surface area contributed by atoms with Crippen LogP contribution in [0.1, 0.15) is 31.4 Å². The molecule has 1 saturated heterocycles. The quantitative estimate of drug-likeness (QED) is 0.898. The van der Waals surface area contributed by atoms with Crippen molar-refractivity contribution in [3.8, 4) is 0 Å². The largest absolute Gasteiger partial charge is 0.389 e. The molecule has 5 nitrogen and oxygen atoms in total. The normalized spacial score (nSPS) is 20.4. The van der Waals surface area contributed by atoms with Gasteiger partial charge in [-0.2, -0.15) is 0 Å². The fraction of sp³-hybridized carbons (Fsp3) is 0.562. The molecule has 0 spiro atoms. The Balaban J connectivity index is 1.99. The zero-order valence-electron chi connectivity index (χ0n) is 13.0. The van der Waals surface area contributed by atoms with Gasteiger partial charge in [0, 0.05) is 24.8 Å². The molecule has 0 radical (unpaired) electrons. The van der Waals surface area contributed by atoms with Crippen LogP contribution in [0.2, 0.25) is 0 Å².